The topological polar surface area (TPSA) is 76.2 Å². The number of ether oxygens (including phenoxy) is 2. The summed E-state index contributed by atoms with van der Waals surface area (Å²) in [6.07, 6.45) is 1.36. The summed E-state index contributed by atoms with van der Waals surface area (Å²) >= 11 is 1.95. The Morgan fingerprint density at radius 1 is 1.29 bits per heavy atom. The second kappa shape index (κ2) is 7.30. The van der Waals surface area contributed by atoms with E-state index in [9.17, 15) is 4.79 Å². The molecule has 0 aliphatic rings. The van der Waals surface area contributed by atoms with Gasteiger partial charge in [0.25, 0.3) is 5.56 Å². The van der Waals surface area contributed by atoms with Crippen LogP contribution in [0.5, 0.6) is 11.5 Å². The fourth-order valence-corrected chi connectivity index (χ4v) is 2.17. The summed E-state index contributed by atoms with van der Waals surface area (Å²) in [5.74, 6) is 1.89. The van der Waals surface area contributed by atoms with Crippen LogP contribution in [0.4, 0.5) is 11.5 Å². The molecule has 0 amide bonds. The lowest BCUT2D eigenvalue weighted by molar-refractivity contribution is 0.332. The third-order valence-corrected chi connectivity index (χ3v) is 3.61. The normalized spacial score (nSPS) is 10.2. The molecular weight excluding hydrogens is 385 g/mol. The Balaban J connectivity index is 2.38. The van der Waals surface area contributed by atoms with Crippen molar-refractivity contribution in [3.63, 3.8) is 0 Å². The molecule has 0 fully saturated rings. The smallest absolute Gasteiger partial charge is 0.266 e. The van der Waals surface area contributed by atoms with Crippen molar-refractivity contribution < 1.29 is 9.47 Å². The molecule has 21 heavy (non-hydrogen) atoms. The lowest BCUT2D eigenvalue weighted by Crippen LogP contribution is -2.13. The second-order valence-electron chi connectivity index (χ2n) is 4.04. The largest absolute Gasteiger partial charge is 0.494 e. The van der Waals surface area contributed by atoms with Gasteiger partial charge in [0.2, 0.25) is 0 Å². The van der Waals surface area contributed by atoms with E-state index < -0.39 is 0 Å². The van der Waals surface area contributed by atoms with Crippen LogP contribution >= 0.6 is 22.6 Å². The van der Waals surface area contributed by atoms with Gasteiger partial charge in [0.05, 0.1) is 25.2 Å². The summed E-state index contributed by atoms with van der Waals surface area (Å²) in [5, 5.41) is 3.12. The van der Waals surface area contributed by atoms with Crippen LogP contribution in [-0.2, 0) is 0 Å². The maximum absolute atomic E-state index is 11.6. The molecule has 2 aromatic rings. The fraction of sp³-hybridized carbons (Fsp3) is 0.286. The van der Waals surface area contributed by atoms with Gasteiger partial charge in [-0.15, -0.1) is 0 Å². The van der Waals surface area contributed by atoms with Gasteiger partial charge < -0.3 is 19.8 Å². The number of aromatic nitrogens is 2. The Kier molecular flexibility index (Phi) is 5.43. The number of hydrogen-bond acceptors (Lipinski definition) is 5. The van der Waals surface area contributed by atoms with Crippen molar-refractivity contribution in [2.75, 3.05) is 18.5 Å². The molecule has 0 aliphatic heterocycles. The first-order valence-corrected chi connectivity index (χ1v) is 7.63. The summed E-state index contributed by atoms with van der Waals surface area (Å²) < 4.78 is 11.5. The van der Waals surface area contributed by atoms with E-state index in [4.69, 9.17) is 9.47 Å². The molecule has 0 bridgehead atoms. The van der Waals surface area contributed by atoms with E-state index in [1.54, 1.807) is 0 Å². The van der Waals surface area contributed by atoms with Crippen molar-refractivity contribution in [3.8, 4) is 11.5 Å². The highest BCUT2D eigenvalue weighted by molar-refractivity contribution is 14.1. The van der Waals surface area contributed by atoms with Crippen LogP contribution in [0.15, 0.2) is 29.3 Å². The molecule has 1 aromatic carbocycles. The first-order chi connectivity index (χ1) is 10.2. The zero-order valence-electron chi connectivity index (χ0n) is 11.8. The van der Waals surface area contributed by atoms with Gasteiger partial charge in [0, 0.05) is 6.07 Å². The second-order valence-corrected chi connectivity index (χ2v) is 5.12. The van der Waals surface area contributed by atoms with Gasteiger partial charge in [-0.3, -0.25) is 4.79 Å². The lowest BCUT2D eigenvalue weighted by atomic mass is 10.2. The zero-order chi connectivity index (χ0) is 15.2. The number of halogens is 1. The summed E-state index contributed by atoms with van der Waals surface area (Å²) in [4.78, 5) is 18.3. The molecule has 0 unspecified atom stereocenters. The molecule has 6 nitrogen and oxygen atoms in total. The van der Waals surface area contributed by atoms with Crippen molar-refractivity contribution in [1.82, 2.24) is 9.97 Å². The molecule has 0 aliphatic carbocycles. The van der Waals surface area contributed by atoms with Crippen molar-refractivity contribution in [3.05, 3.63) is 38.5 Å². The average molecular weight is 401 g/mol. The van der Waals surface area contributed by atoms with Crippen molar-refractivity contribution in [2.24, 2.45) is 0 Å². The van der Waals surface area contributed by atoms with E-state index in [1.165, 1.54) is 6.33 Å². The standard InChI is InChI=1S/C14H16IN3O3/c1-3-20-9-5-6-11(21-4-2)10(7-9)18-13-12(15)14(19)17-8-16-13/h5-8H,3-4H2,1-2H3,(H2,16,17,18,19). The monoisotopic (exact) mass is 401 g/mol. The highest BCUT2D eigenvalue weighted by Crippen LogP contribution is 2.32. The minimum absolute atomic E-state index is 0.188. The van der Waals surface area contributed by atoms with E-state index in [0.717, 1.165) is 5.75 Å². The molecule has 0 atom stereocenters. The van der Waals surface area contributed by atoms with Gasteiger partial charge in [-0.05, 0) is 48.6 Å². The molecular formula is C14H16IN3O3. The van der Waals surface area contributed by atoms with Gasteiger partial charge in [-0.25, -0.2) is 4.98 Å². The first-order valence-electron chi connectivity index (χ1n) is 6.55. The van der Waals surface area contributed by atoms with Crippen molar-refractivity contribution in [2.45, 2.75) is 13.8 Å². The maximum atomic E-state index is 11.6. The predicted octanol–water partition coefficient (Wildman–Crippen LogP) is 2.92. The van der Waals surface area contributed by atoms with Crippen LogP contribution < -0.4 is 20.3 Å². The number of nitrogens with zero attached hydrogens (tertiary/aromatic N) is 1. The third kappa shape index (κ3) is 3.87. The van der Waals surface area contributed by atoms with Crippen LogP contribution in [-0.4, -0.2) is 23.2 Å². The van der Waals surface area contributed by atoms with Gasteiger partial charge in [-0.1, -0.05) is 0 Å². The minimum Gasteiger partial charge on any atom is -0.494 e. The maximum Gasteiger partial charge on any atom is 0.266 e. The number of anilines is 2. The lowest BCUT2D eigenvalue weighted by Gasteiger charge is -2.14. The highest BCUT2D eigenvalue weighted by Gasteiger charge is 2.10. The zero-order valence-corrected chi connectivity index (χ0v) is 13.9. The predicted molar refractivity (Wildman–Crippen MR) is 89.6 cm³/mol. The molecule has 0 radical (unpaired) electrons. The fourth-order valence-electron chi connectivity index (χ4n) is 1.74. The number of aromatic amines is 1. The molecule has 1 heterocycles. The molecule has 2 rings (SSSR count). The minimum atomic E-state index is -0.188. The molecule has 7 heteroatoms. The third-order valence-electron chi connectivity index (χ3n) is 2.61. The van der Waals surface area contributed by atoms with E-state index >= 15 is 0 Å². The van der Waals surface area contributed by atoms with Crippen LogP contribution in [0, 0.1) is 3.57 Å². The molecule has 0 spiro atoms. The Morgan fingerprint density at radius 3 is 2.76 bits per heavy atom. The van der Waals surface area contributed by atoms with Gasteiger partial charge in [0.15, 0.2) is 5.82 Å². The molecule has 1 aromatic heterocycles. The Morgan fingerprint density at radius 2 is 2.05 bits per heavy atom. The molecule has 0 saturated carbocycles. The number of benzene rings is 1. The Bertz CT molecular complexity index is 673. The van der Waals surface area contributed by atoms with Crippen LogP contribution in [0.2, 0.25) is 0 Å². The van der Waals surface area contributed by atoms with Crippen LogP contribution in [0.3, 0.4) is 0 Å². The highest BCUT2D eigenvalue weighted by atomic mass is 127. The van der Waals surface area contributed by atoms with Gasteiger partial charge >= 0.3 is 0 Å². The summed E-state index contributed by atoms with van der Waals surface area (Å²) in [6.45, 7) is 4.96. The van der Waals surface area contributed by atoms with Crippen LogP contribution in [0.25, 0.3) is 0 Å². The molecule has 112 valence electrons. The van der Waals surface area contributed by atoms with Gasteiger partial charge in [-0.2, -0.15) is 0 Å². The van der Waals surface area contributed by atoms with E-state index in [-0.39, 0.29) is 5.56 Å². The SMILES string of the molecule is CCOc1ccc(OCC)c(Nc2nc[nH]c(=O)c2I)c1. The average Bonchev–Trinajstić information content (AvgIpc) is 2.47. The summed E-state index contributed by atoms with van der Waals surface area (Å²) in [7, 11) is 0. The Hall–Kier alpha value is -1.77. The number of rotatable bonds is 6. The Labute approximate surface area is 136 Å². The van der Waals surface area contributed by atoms with Crippen molar-refractivity contribution in [1.29, 1.82) is 0 Å². The molecule has 2 N–H and O–H groups in total. The number of nitrogens with one attached hydrogen (secondary N) is 2. The summed E-state index contributed by atoms with van der Waals surface area (Å²) in [5.41, 5.74) is 0.519. The van der Waals surface area contributed by atoms with Gasteiger partial charge in [0.1, 0.15) is 15.1 Å². The van der Waals surface area contributed by atoms with E-state index in [2.05, 4.69) is 15.3 Å². The summed E-state index contributed by atoms with van der Waals surface area (Å²) in [6, 6.07) is 5.50. The first kappa shape index (κ1) is 15.6. The van der Waals surface area contributed by atoms with E-state index in [1.807, 2.05) is 54.6 Å². The quantitative estimate of drug-likeness (QED) is 0.729. The van der Waals surface area contributed by atoms with E-state index in [0.29, 0.717) is 34.0 Å². The number of hydrogen-bond donors (Lipinski definition) is 2. The van der Waals surface area contributed by atoms with Crippen molar-refractivity contribution >= 4 is 34.1 Å². The molecule has 0 saturated heterocycles. The van der Waals surface area contributed by atoms with Crippen LogP contribution in [0.1, 0.15) is 13.8 Å². The number of H-pyrrole nitrogens is 1.